The summed E-state index contributed by atoms with van der Waals surface area (Å²) >= 11 is 5.83. The Morgan fingerprint density at radius 2 is 1.82 bits per heavy atom. The molecule has 0 fully saturated rings. The molecule has 88 valence electrons. The Hall–Kier alpha value is -1.54. The van der Waals surface area contributed by atoms with Crippen molar-refractivity contribution in [1.82, 2.24) is 4.98 Å². The van der Waals surface area contributed by atoms with Crippen LogP contribution < -0.4 is 5.56 Å². The second-order valence-electron chi connectivity index (χ2n) is 4.03. The number of aromatic amines is 1. The van der Waals surface area contributed by atoms with Gasteiger partial charge in [-0.15, -0.1) is 0 Å². The molecule has 0 saturated carbocycles. The molecule has 0 spiro atoms. The minimum absolute atomic E-state index is 0.176. The average Bonchev–Trinajstić information content (AvgIpc) is 2.29. The number of pyridine rings is 1. The van der Waals surface area contributed by atoms with E-state index in [4.69, 9.17) is 11.6 Å². The molecule has 0 unspecified atom stereocenters. The lowest BCUT2D eigenvalue weighted by Gasteiger charge is -2.03. The van der Waals surface area contributed by atoms with Crippen LogP contribution in [0.4, 0.5) is 0 Å². The maximum absolute atomic E-state index is 11.3. The third-order valence-electron chi connectivity index (χ3n) is 2.64. The van der Waals surface area contributed by atoms with E-state index in [9.17, 15) is 4.79 Å². The van der Waals surface area contributed by atoms with Crippen LogP contribution in [0, 0.1) is 0 Å². The molecule has 0 atom stereocenters. The Labute approximate surface area is 105 Å². The largest absolute Gasteiger partial charge is 0.313 e. The maximum Gasteiger partial charge on any atom is 0.249 e. The molecule has 1 N–H and O–H groups in total. The standard InChI is InChI=1S/C14H14ClNO/c1-2-3-10-4-6-11(7-5-10)12-8-13(15)16-14(17)9-12/h4-9H,2-3H2,1H3,(H,16,17). The van der Waals surface area contributed by atoms with Crippen molar-refractivity contribution >= 4 is 11.6 Å². The van der Waals surface area contributed by atoms with Crippen molar-refractivity contribution in [3.8, 4) is 11.1 Å². The van der Waals surface area contributed by atoms with Crippen LogP contribution in [0.15, 0.2) is 41.2 Å². The van der Waals surface area contributed by atoms with Gasteiger partial charge in [-0.3, -0.25) is 4.79 Å². The number of aryl methyl sites for hydroxylation is 1. The zero-order chi connectivity index (χ0) is 12.3. The van der Waals surface area contributed by atoms with E-state index >= 15 is 0 Å². The smallest absolute Gasteiger partial charge is 0.249 e. The van der Waals surface area contributed by atoms with Crippen molar-refractivity contribution in [3.05, 3.63) is 57.5 Å². The Morgan fingerprint density at radius 1 is 1.12 bits per heavy atom. The average molecular weight is 248 g/mol. The summed E-state index contributed by atoms with van der Waals surface area (Å²) in [4.78, 5) is 13.8. The second kappa shape index (κ2) is 5.19. The summed E-state index contributed by atoms with van der Waals surface area (Å²) in [5, 5.41) is 0.366. The molecule has 0 aliphatic rings. The number of rotatable bonds is 3. The third kappa shape index (κ3) is 2.98. The molecule has 0 amide bonds. The van der Waals surface area contributed by atoms with E-state index in [0.717, 1.165) is 24.0 Å². The van der Waals surface area contributed by atoms with E-state index in [1.54, 1.807) is 12.1 Å². The molecule has 3 heteroatoms. The van der Waals surface area contributed by atoms with Gasteiger partial charge in [0.1, 0.15) is 5.15 Å². The highest BCUT2D eigenvalue weighted by Crippen LogP contribution is 2.20. The summed E-state index contributed by atoms with van der Waals surface area (Å²) in [5.74, 6) is 0. The van der Waals surface area contributed by atoms with Gasteiger partial charge >= 0.3 is 0 Å². The van der Waals surface area contributed by atoms with Gasteiger partial charge < -0.3 is 4.98 Å². The van der Waals surface area contributed by atoms with Gasteiger partial charge in [0.05, 0.1) is 0 Å². The minimum atomic E-state index is -0.176. The first-order valence-corrected chi connectivity index (χ1v) is 6.06. The zero-order valence-electron chi connectivity index (χ0n) is 9.66. The first-order valence-electron chi connectivity index (χ1n) is 5.68. The van der Waals surface area contributed by atoms with Gasteiger partial charge in [0.15, 0.2) is 0 Å². The fraction of sp³-hybridized carbons (Fsp3) is 0.214. The molecule has 0 aliphatic carbocycles. The summed E-state index contributed by atoms with van der Waals surface area (Å²) in [7, 11) is 0. The highest BCUT2D eigenvalue weighted by molar-refractivity contribution is 6.29. The van der Waals surface area contributed by atoms with Crippen LogP contribution in [0.2, 0.25) is 5.15 Å². The predicted octanol–water partition coefficient (Wildman–Crippen LogP) is 3.65. The maximum atomic E-state index is 11.3. The van der Waals surface area contributed by atoms with Gasteiger partial charge in [0.2, 0.25) is 5.56 Å². The number of hydrogen-bond acceptors (Lipinski definition) is 1. The third-order valence-corrected chi connectivity index (χ3v) is 2.84. The lowest BCUT2D eigenvalue weighted by atomic mass is 10.0. The Morgan fingerprint density at radius 3 is 2.41 bits per heavy atom. The van der Waals surface area contributed by atoms with E-state index in [1.807, 2.05) is 12.1 Å². The lowest BCUT2D eigenvalue weighted by Crippen LogP contribution is -2.03. The summed E-state index contributed by atoms with van der Waals surface area (Å²) < 4.78 is 0. The van der Waals surface area contributed by atoms with Crippen molar-refractivity contribution < 1.29 is 0 Å². The number of nitrogens with one attached hydrogen (secondary N) is 1. The van der Waals surface area contributed by atoms with Crippen molar-refractivity contribution in [2.45, 2.75) is 19.8 Å². The highest BCUT2D eigenvalue weighted by Gasteiger charge is 2.01. The van der Waals surface area contributed by atoms with E-state index in [0.29, 0.717) is 5.15 Å². The molecule has 1 aromatic heterocycles. The van der Waals surface area contributed by atoms with Crippen LogP contribution in [0.3, 0.4) is 0 Å². The summed E-state index contributed by atoms with van der Waals surface area (Å²) in [5.41, 5.74) is 3.00. The molecular weight excluding hydrogens is 234 g/mol. The summed E-state index contributed by atoms with van der Waals surface area (Å²) in [6, 6.07) is 11.5. The SMILES string of the molecule is CCCc1ccc(-c2cc(Cl)[nH]c(=O)c2)cc1. The van der Waals surface area contributed by atoms with Crippen molar-refractivity contribution in [2.75, 3.05) is 0 Å². The van der Waals surface area contributed by atoms with Gasteiger partial charge in [0, 0.05) is 6.07 Å². The van der Waals surface area contributed by atoms with Crippen molar-refractivity contribution in [1.29, 1.82) is 0 Å². The summed E-state index contributed by atoms with van der Waals surface area (Å²) in [6.45, 7) is 2.16. The van der Waals surface area contributed by atoms with Crippen LogP contribution in [0.1, 0.15) is 18.9 Å². The van der Waals surface area contributed by atoms with Gasteiger partial charge in [-0.1, -0.05) is 49.2 Å². The first-order chi connectivity index (χ1) is 8.19. The topological polar surface area (TPSA) is 32.9 Å². The van der Waals surface area contributed by atoms with Gasteiger partial charge in [-0.05, 0) is 29.2 Å². The normalized spacial score (nSPS) is 10.5. The van der Waals surface area contributed by atoms with Gasteiger partial charge in [-0.2, -0.15) is 0 Å². The second-order valence-corrected chi connectivity index (χ2v) is 4.44. The number of halogens is 1. The lowest BCUT2D eigenvalue weighted by molar-refractivity contribution is 0.922. The Kier molecular flexibility index (Phi) is 3.64. The van der Waals surface area contributed by atoms with Crippen LogP contribution >= 0.6 is 11.6 Å². The molecule has 2 nitrogen and oxygen atoms in total. The molecule has 1 aromatic carbocycles. The van der Waals surface area contributed by atoms with E-state index in [2.05, 4.69) is 24.0 Å². The molecule has 0 bridgehead atoms. The van der Waals surface area contributed by atoms with Gasteiger partial charge in [0.25, 0.3) is 0 Å². The zero-order valence-corrected chi connectivity index (χ0v) is 10.4. The van der Waals surface area contributed by atoms with Crippen LogP contribution in [0.25, 0.3) is 11.1 Å². The van der Waals surface area contributed by atoms with E-state index in [-0.39, 0.29) is 5.56 Å². The quantitative estimate of drug-likeness (QED) is 0.826. The fourth-order valence-corrected chi connectivity index (χ4v) is 2.04. The number of H-pyrrole nitrogens is 1. The minimum Gasteiger partial charge on any atom is -0.313 e. The fourth-order valence-electron chi connectivity index (χ4n) is 1.83. The Balaban J connectivity index is 2.36. The van der Waals surface area contributed by atoms with Crippen molar-refractivity contribution in [3.63, 3.8) is 0 Å². The van der Waals surface area contributed by atoms with Crippen LogP contribution in [0.5, 0.6) is 0 Å². The predicted molar refractivity (Wildman–Crippen MR) is 71.5 cm³/mol. The highest BCUT2D eigenvalue weighted by atomic mass is 35.5. The van der Waals surface area contributed by atoms with Crippen LogP contribution in [-0.2, 0) is 6.42 Å². The molecule has 2 aromatic rings. The number of hydrogen-bond donors (Lipinski definition) is 1. The summed E-state index contributed by atoms with van der Waals surface area (Å²) in [6.07, 6.45) is 2.21. The number of benzene rings is 1. The molecule has 2 rings (SSSR count). The molecule has 0 aliphatic heterocycles. The van der Waals surface area contributed by atoms with Crippen LogP contribution in [-0.4, -0.2) is 4.98 Å². The molecule has 0 radical (unpaired) electrons. The van der Waals surface area contributed by atoms with Gasteiger partial charge in [-0.25, -0.2) is 0 Å². The molecule has 17 heavy (non-hydrogen) atoms. The number of aromatic nitrogens is 1. The monoisotopic (exact) mass is 247 g/mol. The molecular formula is C14H14ClNO. The van der Waals surface area contributed by atoms with Crippen molar-refractivity contribution in [2.24, 2.45) is 0 Å². The van der Waals surface area contributed by atoms with E-state index in [1.165, 1.54) is 5.56 Å². The van der Waals surface area contributed by atoms with E-state index < -0.39 is 0 Å². The molecule has 1 heterocycles. The molecule has 0 saturated heterocycles. The first kappa shape index (κ1) is 11.9. The Bertz CT molecular complexity index is 557.